The molecule has 3 rings (SSSR count). The van der Waals surface area contributed by atoms with Gasteiger partial charge in [0, 0.05) is 13.1 Å². The monoisotopic (exact) mass is 324 g/mol. The van der Waals surface area contributed by atoms with Crippen LogP contribution in [0.15, 0.2) is 18.2 Å². The molecule has 1 fully saturated rings. The molecule has 1 atom stereocenters. The molecule has 22 heavy (non-hydrogen) atoms. The Labute approximate surface area is 130 Å². The van der Waals surface area contributed by atoms with Crippen LogP contribution < -0.4 is 9.04 Å². The molecule has 0 radical (unpaired) electrons. The van der Waals surface area contributed by atoms with Crippen molar-refractivity contribution < 1.29 is 17.9 Å². The molecule has 2 aliphatic rings. The highest BCUT2D eigenvalue weighted by molar-refractivity contribution is 7.92. The molecule has 0 N–H and O–H groups in total. The van der Waals surface area contributed by atoms with Gasteiger partial charge in [-0.25, -0.2) is 8.42 Å². The molecule has 1 amide bonds. The number of ether oxygens (including phenoxy) is 1. The van der Waals surface area contributed by atoms with Crippen molar-refractivity contribution in [3.8, 4) is 5.75 Å². The summed E-state index contributed by atoms with van der Waals surface area (Å²) in [6.45, 7) is 3.36. The third-order valence-electron chi connectivity index (χ3n) is 4.08. The van der Waals surface area contributed by atoms with Gasteiger partial charge in [0.25, 0.3) is 5.91 Å². The zero-order valence-corrected chi connectivity index (χ0v) is 13.6. The Morgan fingerprint density at radius 2 is 1.95 bits per heavy atom. The predicted octanol–water partition coefficient (Wildman–Crippen LogP) is 1.14. The maximum atomic E-state index is 12.5. The Balaban J connectivity index is 1.94. The lowest BCUT2D eigenvalue weighted by Crippen LogP contribution is -2.51. The van der Waals surface area contributed by atoms with E-state index in [0.29, 0.717) is 11.4 Å². The minimum atomic E-state index is -3.46. The second kappa shape index (κ2) is 5.46. The van der Waals surface area contributed by atoms with Crippen LogP contribution in [-0.2, 0) is 14.8 Å². The first kappa shape index (κ1) is 15.1. The summed E-state index contributed by atoms with van der Waals surface area (Å²) in [5.41, 5.74) is 1.45. The molecular weight excluding hydrogens is 304 g/mol. The highest BCUT2D eigenvalue weighted by atomic mass is 32.2. The van der Waals surface area contributed by atoms with Crippen molar-refractivity contribution in [3.05, 3.63) is 23.8 Å². The van der Waals surface area contributed by atoms with Gasteiger partial charge in [-0.05, 0) is 37.5 Å². The van der Waals surface area contributed by atoms with Crippen LogP contribution in [0.2, 0.25) is 0 Å². The average Bonchev–Trinajstić information content (AvgIpc) is 2.98. The summed E-state index contributed by atoms with van der Waals surface area (Å²) < 4.78 is 31.3. The highest BCUT2D eigenvalue weighted by Gasteiger charge is 2.37. The number of anilines is 1. The topological polar surface area (TPSA) is 66.9 Å². The molecule has 1 saturated heterocycles. The SMILES string of the molecule is Cc1ccc2c(c1)N(S(C)(=O)=O)CC(C(=O)N1CCCC1)O2. The summed E-state index contributed by atoms with van der Waals surface area (Å²) in [7, 11) is -3.46. The molecular formula is C15H20N2O4S. The van der Waals surface area contributed by atoms with Gasteiger partial charge >= 0.3 is 0 Å². The number of fused-ring (bicyclic) bond motifs is 1. The number of carbonyl (C=O) groups excluding carboxylic acids is 1. The van der Waals surface area contributed by atoms with Crippen molar-refractivity contribution in [3.63, 3.8) is 0 Å². The van der Waals surface area contributed by atoms with E-state index in [1.165, 1.54) is 4.31 Å². The third-order valence-corrected chi connectivity index (χ3v) is 5.22. The first-order valence-corrected chi connectivity index (χ1v) is 9.25. The molecule has 7 heteroatoms. The van der Waals surface area contributed by atoms with E-state index in [0.717, 1.165) is 37.8 Å². The van der Waals surface area contributed by atoms with Gasteiger partial charge in [0.05, 0.1) is 18.5 Å². The predicted molar refractivity (Wildman–Crippen MR) is 83.6 cm³/mol. The van der Waals surface area contributed by atoms with Gasteiger partial charge in [0.1, 0.15) is 5.75 Å². The van der Waals surface area contributed by atoms with Crippen LogP contribution in [0.1, 0.15) is 18.4 Å². The van der Waals surface area contributed by atoms with Crippen molar-refractivity contribution >= 4 is 21.6 Å². The summed E-state index contributed by atoms with van der Waals surface area (Å²) in [6.07, 6.45) is 2.36. The molecule has 120 valence electrons. The number of sulfonamides is 1. The minimum Gasteiger partial charge on any atom is -0.476 e. The van der Waals surface area contributed by atoms with E-state index < -0.39 is 16.1 Å². The van der Waals surface area contributed by atoms with Gasteiger partial charge in [-0.15, -0.1) is 0 Å². The zero-order chi connectivity index (χ0) is 15.9. The number of benzene rings is 1. The van der Waals surface area contributed by atoms with Crippen molar-refractivity contribution in [1.29, 1.82) is 0 Å². The normalized spacial score (nSPS) is 21.5. The first-order chi connectivity index (χ1) is 10.4. The van der Waals surface area contributed by atoms with Crippen molar-refractivity contribution in [1.82, 2.24) is 4.90 Å². The number of amides is 1. The maximum absolute atomic E-state index is 12.5. The molecule has 6 nitrogen and oxygen atoms in total. The van der Waals surface area contributed by atoms with Crippen LogP contribution in [0.25, 0.3) is 0 Å². The Morgan fingerprint density at radius 1 is 1.27 bits per heavy atom. The summed E-state index contributed by atoms with van der Waals surface area (Å²) in [5.74, 6) is 0.317. The first-order valence-electron chi connectivity index (χ1n) is 7.40. The molecule has 1 aromatic rings. The quantitative estimate of drug-likeness (QED) is 0.818. The maximum Gasteiger partial charge on any atom is 0.265 e. The third kappa shape index (κ3) is 2.77. The fourth-order valence-corrected chi connectivity index (χ4v) is 3.85. The second-order valence-corrected chi connectivity index (χ2v) is 7.81. The number of rotatable bonds is 2. The van der Waals surface area contributed by atoms with E-state index in [-0.39, 0.29) is 12.5 Å². The molecule has 2 aliphatic heterocycles. The van der Waals surface area contributed by atoms with Crippen molar-refractivity contribution in [2.45, 2.75) is 25.9 Å². The lowest BCUT2D eigenvalue weighted by Gasteiger charge is -2.35. The molecule has 0 saturated carbocycles. The minimum absolute atomic E-state index is 0.0324. The molecule has 0 bridgehead atoms. The molecule has 0 aliphatic carbocycles. The van der Waals surface area contributed by atoms with Crippen LogP contribution in [0.3, 0.4) is 0 Å². The lowest BCUT2D eigenvalue weighted by molar-refractivity contribution is -0.137. The van der Waals surface area contributed by atoms with Crippen molar-refractivity contribution in [2.75, 3.05) is 30.2 Å². The van der Waals surface area contributed by atoms with Gasteiger partial charge in [-0.1, -0.05) is 6.07 Å². The summed E-state index contributed by atoms with van der Waals surface area (Å²) >= 11 is 0. The fraction of sp³-hybridized carbons (Fsp3) is 0.533. The van der Waals surface area contributed by atoms with Gasteiger partial charge in [0.15, 0.2) is 6.10 Å². The molecule has 1 aromatic carbocycles. The second-order valence-electron chi connectivity index (χ2n) is 5.90. The van der Waals surface area contributed by atoms with Crippen molar-refractivity contribution in [2.24, 2.45) is 0 Å². The van der Waals surface area contributed by atoms with E-state index in [9.17, 15) is 13.2 Å². The van der Waals surface area contributed by atoms with Gasteiger partial charge in [-0.3, -0.25) is 9.10 Å². The standard InChI is InChI=1S/C15H20N2O4S/c1-11-5-6-13-12(9-11)17(22(2,19)20)10-14(21-13)15(18)16-7-3-4-8-16/h5-6,9,14H,3-4,7-8,10H2,1-2H3. The van der Waals surface area contributed by atoms with E-state index in [4.69, 9.17) is 4.74 Å². The summed E-state index contributed by atoms with van der Waals surface area (Å²) in [4.78, 5) is 14.3. The van der Waals surface area contributed by atoms with E-state index in [2.05, 4.69) is 0 Å². The van der Waals surface area contributed by atoms with Crippen LogP contribution in [0.4, 0.5) is 5.69 Å². The highest BCUT2D eigenvalue weighted by Crippen LogP contribution is 2.36. The smallest absolute Gasteiger partial charge is 0.265 e. The van der Waals surface area contributed by atoms with Crippen LogP contribution >= 0.6 is 0 Å². The van der Waals surface area contributed by atoms with Crippen LogP contribution in [0.5, 0.6) is 5.75 Å². The van der Waals surface area contributed by atoms with E-state index in [1.54, 1.807) is 17.0 Å². The van der Waals surface area contributed by atoms with Gasteiger partial charge in [0.2, 0.25) is 10.0 Å². The van der Waals surface area contributed by atoms with E-state index >= 15 is 0 Å². The number of hydrogen-bond donors (Lipinski definition) is 0. The fourth-order valence-electron chi connectivity index (χ4n) is 2.95. The van der Waals surface area contributed by atoms with Crippen LogP contribution in [-0.4, -0.2) is 51.2 Å². The lowest BCUT2D eigenvalue weighted by atomic mass is 10.1. The number of aryl methyl sites for hydroxylation is 1. The largest absolute Gasteiger partial charge is 0.476 e. The average molecular weight is 324 g/mol. The Hall–Kier alpha value is -1.76. The zero-order valence-electron chi connectivity index (χ0n) is 12.8. The summed E-state index contributed by atoms with van der Waals surface area (Å²) in [5, 5.41) is 0. The van der Waals surface area contributed by atoms with Crippen LogP contribution in [0, 0.1) is 6.92 Å². The van der Waals surface area contributed by atoms with Gasteiger partial charge in [-0.2, -0.15) is 0 Å². The number of likely N-dealkylation sites (tertiary alicyclic amines) is 1. The Kier molecular flexibility index (Phi) is 3.76. The van der Waals surface area contributed by atoms with Gasteiger partial charge < -0.3 is 9.64 Å². The number of hydrogen-bond acceptors (Lipinski definition) is 4. The number of nitrogens with zero attached hydrogens (tertiary/aromatic N) is 2. The molecule has 1 unspecified atom stereocenters. The summed E-state index contributed by atoms with van der Waals surface area (Å²) in [6, 6.07) is 5.35. The molecule has 0 aromatic heterocycles. The van der Waals surface area contributed by atoms with E-state index in [1.807, 2.05) is 13.0 Å². The number of carbonyl (C=O) groups is 1. The molecule has 2 heterocycles. The Bertz CT molecular complexity index is 695. The molecule has 0 spiro atoms. The Morgan fingerprint density at radius 3 is 2.59 bits per heavy atom.